The van der Waals surface area contributed by atoms with Gasteiger partial charge < -0.3 is 15.3 Å². The molecular formula is C13H14ClIN2O3. The summed E-state index contributed by atoms with van der Waals surface area (Å²) in [6, 6.07) is 4.61. The Bertz CT molecular complexity index is 552. The lowest BCUT2D eigenvalue weighted by Crippen LogP contribution is -2.40. The molecule has 1 aliphatic rings. The minimum absolute atomic E-state index is 0.276. The SMILES string of the molecule is CC1C(C(=O)O)CCN1C(=O)Nc1ccc(Cl)cc1I. The average molecular weight is 409 g/mol. The number of hydrogen-bond acceptors (Lipinski definition) is 2. The summed E-state index contributed by atoms with van der Waals surface area (Å²) in [6.45, 7) is 2.21. The highest BCUT2D eigenvalue weighted by atomic mass is 127. The molecule has 0 saturated carbocycles. The van der Waals surface area contributed by atoms with Crippen molar-refractivity contribution in [1.29, 1.82) is 0 Å². The lowest BCUT2D eigenvalue weighted by molar-refractivity contribution is -0.142. The number of carboxylic acid groups (broad SMARTS) is 1. The van der Waals surface area contributed by atoms with Crippen molar-refractivity contribution in [1.82, 2.24) is 4.90 Å². The van der Waals surface area contributed by atoms with Crippen LogP contribution in [0, 0.1) is 9.49 Å². The number of likely N-dealkylation sites (tertiary alicyclic amines) is 1. The summed E-state index contributed by atoms with van der Waals surface area (Å²) in [4.78, 5) is 24.8. The third-order valence-electron chi connectivity index (χ3n) is 3.51. The summed E-state index contributed by atoms with van der Waals surface area (Å²) in [6.07, 6.45) is 0.488. The van der Waals surface area contributed by atoms with E-state index in [9.17, 15) is 9.59 Å². The third kappa shape index (κ3) is 3.17. The molecule has 0 aromatic heterocycles. The highest BCUT2D eigenvalue weighted by Crippen LogP contribution is 2.27. The van der Waals surface area contributed by atoms with E-state index in [2.05, 4.69) is 27.9 Å². The molecule has 2 amide bonds. The minimum Gasteiger partial charge on any atom is -0.481 e. The quantitative estimate of drug-likeness (QED) is 0.738. The van der Waals surface area contributed by atoms with Crippen molar-refractivity contribution in [2.45, 2.75) is 19.4 Å². The van der Waals surface area contributed by atoms with Crippen LogP contribution in [-0.2, 0) is 4.79 Å². The van der Waals surface area contributed by atoms with Gasteiger partial charge in [-0.05, 0) is 54.1 Å². The molecule has 20 heavy (non-hydrogen) atoms. The molecule has 1 aromatic carbocycles. The Labute approximate surface area is 135 Å². The van der Waals surface area contributed by atoms with Crippen molar-refractivity contribution in [2.75, 3.05) is 11.9 Å². The Hall–Kier alpha value is -1.02. The van der Waals surface area contributed by atoms with Crippen LogP contribution in [0.1, 0.15) is 13.3 Å². The van der Waals surface area contributed by atoms with Crippen LogP contribution in [0.3, 0.4) is 0 Å². The van der Waals surface area contributed by atoms with Gasteiger partial charge in [-0.1, -0.05) is 11.6 Å². The van der Waals surface area contributed by atoms with E-state index < -0.39 is 11.9 Å². The molecule has 1 saturated heterocycles. The molecule has 5 nitrogen and oxygen atoms in total. The number of carbonyl (C=O) groups is 2. The molecule has 0 aliphatic carbocycles. The Kier molecular flexibility index (Phi) is 4.74. The fourth-order valence-electron chi connectivity index (χ4n) is 2.33. The zero-order valence-corrected chi connectivity index (χ0v) is 13.7. The number of aliphatic carboxylic acids is 1. The third-order valence-corrected chi connectivity index (χ3v) is 4.63. The fourth-order valence-corrected chi connectivity index (χ4v) is 3.34. The van der Waals surface area contributed by atoms with Gasteiger partial charge in [0.05, 0.1) is 11.6 Å². The highest BCUT2D eigenvalue weighted by molar-refractivity contribution is 14.1. The van der Waals surface area contributed by atoms with Crippen LogP contribution < -0.4 is 5.32 Å². The molecule has 1 heterocycles. The first kappa shape index (κ1) is 15.4. The van der Waals surface area contributed by atoms with E-state index >= 15 is 0 Å². The molecule has 2 rings (SSSR count). The topological polar surface area (TPSA) is 69.6 Å². The number of anilines is 1. The lowest BCUT2D eigenvalue weighted by Gasteiger charge is -2.23. The first-order valence-electron chi connectivity index (χ1n) is 6.15. The molecule has 7 heteroatoms. The molecule has 1 aliphatic heterocycles. The van der Waals surface area contributed by atoms with Gasteiger partial charge >= 0.3 is 12.0 Å². The van der Waals surface area contributed by atoms with Crippen molar-refractivity contribution in [3.8, 4) is 0 Å². The molecule has 0 spiro atoms. The smallest absolute Gasteiger partial charge is 0.322 e. The largest absolute Gasteiger partial charge is 0.481 e. The van der Waals surface area contributed by atoms with Gasteiger partial charge in [-0.2, -0.15) is 0 Å². The summed E-state index contributed by atoms with van der Waals surface area (Å²) in [5.41, 5.74) is 0.672. The second-order valence-corrected chi connectivity index (χ2v) is 6.32. The summed E-state index contributed by atoms with van der Waals surface area (Å²) < 4.78 is 0.838. The standard InChI is InChI=1S/C13H14ClIN2O3/c1-7-9(12(18)19)4-5-17(7)13(20)16-11-3-2-8(14)6-10(11)15/h2-3,6-7,9H,4-5H2,1H3,(H,16,20)(H,18,19). The summed E-state index contributed by atoms with van der Waals surface area (Å²) >= 11 is 7.96. The molecule has 1 fully saturated rings. The van der Waals surface area contributed by atoms with Gasteiger partial charge in [0.2, 0.25) is 0 Å². The molecule has 108 valence electrons. The van der Waals surface area contributed by atoms with Gasteiger partial charge in [0.25, 0.3) is 0 Å². The van der Waals surface area contributed by atoms with Crippen LogP contribution in [0.15, 0.2) is 18.2 Å². The number of halogens is 2. The van der Waals surface area contributed by atoms with Gasteiger partial charge in [0.15, 0.2) is 0 Å². The Morgan fingerprint density at radius 3 is 2.75 bits per heavy atom. The maximum Gasteiger partial charge on any atom is 0.322 e. The van der Waals surface area contributed by atoms with Crippen LogP contribution in [0.5, 0.6) is 0 Å². The molecule has 2 unspecified atom stereocenters. The van der Waals surface area contributed by atoms with E-state index in [1.807, 2.05) is 0 Å². The van der Waals surface area contributed by atoms with Crippen LogP contribution in [0.2, 0.25) is 5.02 Å². The number of carbonyl (C=O) groups excluding carboxylic acids is 1. The van der Waals surface area contributed by atoms with Gasteiger partial charge in [-0.15, -0.1) is 0 Å². The van der Waals surface area contributed by atoms with Crippen LogP contribution >= 0.6 is 34.2 Å². The number of carboxylic acids is 1. The van der Waals surface area contributed by atoms with E-state index in [1.54, 1.807) is 30.0 Å². The average Bonchev–Trinajstić information content (AvgIpc) is 2.74. The van der Waals surface area contributed by atoms with E-state index in [4.69, 9.17) is 16.7 Å². The molecule has 2 atom stereocenters. The maximum absolute atomic E-state index is 12.2. The van der Waals surface area contributed by atoms with Crippen LogP contribution in [0.4, 0.5) is 10.5 Å². The highest BCUT2D eigenvalue weighted by Gasteiger charge is 2.38. The molecule has 0 bridgehead atoms. The van der Waals surface area contributed by atoms with E-state index in [0.29, 0.717) is 23.7 Å². The maximum atomic E-state index is 12.2. The molecule has 0 radical (unpaired) electrons. The normalized spacial score (nSPS) is 21.9. The predicted octanol–water partition coefficient (Wildman–Crippen LogP) is 3.27. The van der Waals surface area contributed by atoms with Crippen molar-refractivity contribution in [3.05, 3.63) is 26.8 Å². The van der Waals surface area contributed by atoms with Crippen molar-refractivity contribution < 1.29 is 14.7 Å². The van der Waals surface area contributed by atoms with Gasteiger partial charge in [0, 0.05) is 21.2 Å². The van der Waals surface area contributed by atoms with Crippen LogP contribution in [0.25, 0.3) is 0 Å². The monoisotopic (exact) mass is 408 g/mol. The minimum atomic E-state index is -0.853. The number of amides is 2. The number of nitrogens with one attached hydrogen (secondary N) is 1. The lowest BCUT2D eigenvalue weighted by atomic mass is 10.0. The van der Waals surface area contributed by atoms with Crippen molar-refractivity contribution in [3.63, 3.8) is 0 Å². The summed E-state index contributed by atoms with van der Waals surface area (Å²) in [5.74, 6) is -1.35. The number of rotatable bonds is 2. The first-order valence-corrected chi connectivity index (χ1v) is 7.61. The summed E-state index contributed by atoms with van der Waals surface area (Å²) in [7, 11) is 0. The predicted molar refractivity (Wildman–Crippen MR) is 85.1 cm³/mol. The number of urea groups is 1. The van der Waals surface area contributed by atoms with Gasteiger partial charge in [-0.3, -0.25) is 4.79 Å². The van der Waals surface area contributed by atoms with E-state index in [0.717, 1.165) is 3.57 Å². The number of hydrogen-bond donors (Lipinski definition) is 2. The van der Waals surface area contributed by atoms with Gasteiger partial charge in [-0.25, -0.2) is 4.79 Å². The second-order valence-electron chi connectivity index (χ2n) is 4.72. The Morgan fingerprint density at radius 2 is 2.20 bits per heavy atom. The zero-order chi connectivity index (χ0) is 14.9. The fraction of sp³-hybridized carbons (Fsp3) is 0.385. The molecule has 2 N–H and O–H groups in total. The zero-order valence-electron chi connectivity index (χ0n) is 10.8. The Morgan fingerprint density at radius 1 is 1.50 bits per heavy atom. The van der Waals surface area contributed by atoms with Crippen LogP contribution in [-0.4, -0.2) is 34.6 Å². The van der Waals surface area contributed by atoms with E-state index in [-0.39, 0.29) is 12.1 Å². The second kappa shape index (κ2) is 6.17. The molecule has 1 aromatic rings. The van der Waals surface area contributed by atoms with Gasteiger partial charge in [0.1, 0.15) is 0 Å². The molecular weight excluding hydrogens is 395 g/mol. The Balaban J connectivity index is 2.07. The summed E-state index contributed by atoms with van der Waals surface area (Å²) in [5, 5.41) is 12.5. The number of nitrogens with zero attached hydrogens (tertiary/aromatic N) is 1. The van der Waals surface area contributed by atoms with Crippen molar-refractivity contribution >= 4 is 51.9 Å². The van der Waals surface area contributed by atoms with Crippen molar-refractivity contribution in [2.24, 2.45) is 5.92 Å². The van der Waals surface area contributed by atoms with E-state index in [1.165, 1.54) is 0 Å². The number of benzene rings is 1. The first-order chi connectivity index (χ1) is 9.40.